The van der Waals surface area contributed by atoms with Gasteiger partial charge in [0.15, 0.2) is 0 Å². The van der Waals surface area contributed by atoms with Crippen LogP contribution in [0.5, 0.6) is 5.75 Å². The number of nitrogens with zero attached hydrogens (tertiary/aromatic N) is 1. The average Bonchev–Trinajstić information content (AvgIpc) is 3.01. The number of urea groups is 1. The van der Waals surface area contributed by atoms with Crippen molar-refractivity contribution in [2.45, 2.75) is 19.7 Å². The van der Waals surface area contributed by atoms with Crippen LogP contribution < -0.4 is 15.4 Å². The predicted octanol–water partition coefficient (Wildman–Crippen LogP) is 3.90. The quantitative estimate of drug-likeness (QED) is 0.698. The largest absolute Gasteiger partial charge is 0.434 e. The molecule has 0 saturated carbocycles. The molecule has 3 aromatic rings. The Morgan fingerprint density at radius 3 is 2.60 bits per heavy atom. The molecule has 0 aliphatic rings. The fraction of sp³-hybridized carbons (Fsp3) is 0.176. The zero-order valence-electron chi connectivity index (χ0n) is 13.0. The summed E-state index contributed by atoms with van der Waals surface area (Å²) in [5.41, 5.74) is 1.36. The number of carbonyl (C=O) groups excluding carboxylic acids is 1. The van der Waals surface area contributed by atoms with Gasteiger partial charge in [0, 0.05) is 12.1 Å². The lowest BCUT2D eigenvalue weighted by Gasteiger charge is -2.11. The van der Waals surface area contributed by atoms with E-state index in [1.165, 1.54) is 17.4 Å². The van der Waals surface area contributed by atoms with Gasteiger partial charge in [-0.1, -0.05) is 30.3 Å². The summed E-state index contributed by atoms with van der Waals surface area (Å²) >= 11 is 1.51. The van der Waals surface area contributed by atoms with Gasteiger partial charge in [-0.15, -0.1) is 11.3 Å². The summed E-state index contributed by atoms with van der Waals surface area (Å²) in [4.78, 5) is 16.3. The number of hydrogen-bond acceptors (Lipinski definition) is 4. The lowest BCUT2D eigenvalue weighted by atomic mass is 10.2. The molecule has 2 N–H and O–H groups in total. The minimum Gasteiger partial charge on any atom is -0.434 e. The summed E-state index contributed by atoms with van der Waals surface area (Å²) in [6.45, 7) is -2.54. The van der Waals surface area contributed by atoms with Gasteiger partial charge in [0.25, 0.3) is 0 Å². The monoisotopic (exact) mass is 363 g/mol. The molecule has 0 bridgehead atoms. The highest BCUT2D eigenvalue weighted by molar-refractivity contribution is 7.18. The van der Waals surface area contributed by atoms with Crippen molar-refractivity contribution < 1.29 is 18.3 Å². The van der Waals surface area contributed by atoms with E-state index in [0.717, 1.165) is 15.2 Å². The SMILES string of the molecule is O=C(NCc1nc2ccccc2s1)NCc1ccccc1OC(F)F. The topological polar surface area (TPSA) is 63.2 Å². The first-order valence-corrected chi connectivity index (χ1v) is 8.32. The van der Waals surface area contributed by atoms with Gasteiger partial charge in [-0.05, 0) is 18.2 Å². The van der Waals surface area contributed by atoms with Gasteiger partial charge in [0.05, 0.1) is 16.8 Å². The van der Waals surface area contributed by atoms with Crippen molar-refractivity contribution in [1.82, 2.24) is 15.6 Å². The molecule has 5 nitrogen and oxygen atoms in total. The van der Waals surface area contributed by atoms with Crippen LogP contribution in [0.1, 0.15) is 10.6 Å². The number of amides is 2. The number of alkyl halides is 2. The zero-order chi connectivity index (χ0) is 17.6. The Balaban J connectivity index is 1.53. The number of thiazole rings is 1. The molecule has 8 heteroatoms. The fourth-order valence-electron chi connectivity index (χ4n) is 2.25. The lowest BCUT2D eigenvalue weighted by Crippen LogP contribution is -2.34. The summed E-state index contributed by atoms with van der Waals surface area (Å²) in [6.07, 6.45) is 0. The summed E-state index contributed by atoms with van der Waals surface area (Å²) in [5.74, 6) is 0.0453. The van der Waals surface area contributed by atoms with Gasteiger partial charge in [0.2, 0.25) is 0 Å². The summed E-state index contributed by atoms with van der Waals surface area (Å²) < 4.78 is 30.2. The van der Waals surface area contributed by atoms with Gasteiger partial charge >= 0.3 is 12.6 Å². The van der Waals surface area contributed by atoms with Crippen molar-refractivity contribution in [3.63, 3.8) is 0 Å². The number of benzene rings is 2. The van der Waals surface area contributed by atoms with Crippen LogP contribution in [0.4, 0.5) is 13.6 Å². The molecule has 1 aromatic heterocycles. The number of aromatic nitrogens is 1. The summed E-state index contributed by atoms with van der Waals surface area (Å²) in [6, 6.07) is 13.6. The highest BCUT2D eigenvalue weighted by Gasteiger charge is 2.10. The van der Waals surface area contributed by atoms with Crippen molar-refractivity contribution in [3.8, 4) is 5.75 Å². The fourth-order valence-corrected chi connectivity index (χ4v) is 3.16. The van der Waals surface area contributed by atoms with Crippen LogP contribution in [0.15, 0.2) is 48.5 Å². The number of rotatable bonds is 6. The second-order valence-electron chi connectivity index (χ2n) is 5.10. The molecule has 0 aliphatic heterocycles. The Hall–Kier alpha value is -2.74. The molecule has 0 radical (unpaired) electrons. The van der Waals surface area contributed by atoms with Gasteiger partial charge < -0.3 is 15.4 Å². The zero-order valence-corrected chi connectivity index (χ0v) is 13.9. The normalized spacial score (nSPS) is 10.8. The average molecular weight is 363 g/mol. The van der Waals surface area contributed by atoms with Crippen LogP contribution in [0.25, 0.3) is 10.2 Å². The molecule has 130 valence electrons. The molecule has 3 rings (SSSR count). The summed E-state index contributed by atoms with van der Waals surface area (Å²) in [7, 11) is 0. The Morgan fingerprint density at radius 2 is 1.80 bits per heavy atom. The molecule has 0 unspecified atom stereocenters. The maximum atomic E-state index is 12.4. The van der Waals surface area contributed by atoms with E-state index in [2.05, 4.69) is 20.4 Å². The van der Waals surface area contributed by atoms with Crippen molar-refractivity contribution >= 4 is 27.6 Å². The van der Waals surface area contributed by atoms with Crippen LogP contribution in [0, 0.1) is 0 Å². The molecule has 0 fully saturated rings. The third-order valence-corrected chi connectivity index (χ3v) is 4.40. The molecule has 25 heavy (non-hydrogen) atoms. The van der Waals surface area contributed by atoms with Crippen LogP contribution in [-0.2, 0) is 13.1 Å². The van der Waals surface area contributed by atoms with Crippen molar-refractivity contribution in [3.05, 3.63) is 59.1 Å². The molecular formula is C17H15F2N3O2S. The highest BCUT2D eigenvalue weighted by Crippen LogP contribution is 2.21. The van der Waals surface area contributed by atoms with Crippen molar-refractivity contribution in [2.24, 2.45) is 0 Å². The van der Waals surface area contributed by atoms with E-state index in [-0.39, 0.29) is 12.3 Å². The molecule has 0 saturated heterocycles. The van der Waals surface area contributed by atoms with E-state index in [1.54, 1.807) is 18.2 Å². The first-order chi connectivity index (χ1) is 12.1. The van der Waals surface area contributed by atoms with E-state index >= 15 is 0 Å². The van der Waals surface area contributed by atoms with E-state index < -0.39 is 12.6 Å². The summed E-state index contributed by atoms with van der Waals surface area (Å²) in [5, 5.41) is 6.11. The van der Waals surface area contributed by atoms with E-state index in [9.17, 15) is 13.6 Å². The third-order valence-electron chi connectivity index (χ3n) is 3.37. The van der Waals surface area contributed by atoms with Gasteiger partial charge in [0.1, 0.15) is 10.8 Å². The van der Waals surface area contributed by atoms with Crippen molar-refractivity contribution in [1.29, 1.82) is 0 Å². The Morgan fingerprint density at radius 1 is 1.08 bits per heavy atom. The molecule has 2 amide bonds. The maximum Gasteiger partial charge on any atom is 0.387 e. The number of ether oxygens (including phenoxy) is 1. The number of fused-ring (bicyclic) bond motifs is 1. The number of para-hydroxylation sites is 2. The number of carbonyl (C=O) groups is 1. The lowest BCUT2D eigenvalue weighted by molar-refractivity contribution is -0.0504. The minimum absolute atomic E-state index is 0.0453. The minimum atomic E-state index is -2.91. The number of nitrogens with one attached hydrogen (secondary N) is 2. The third kappa shape index (κ3) is 4.63. The van der Waals surface area contributed by atoms with E-state index in [0.29, 0.717) is 12.1 Å². The predicted molar refractivity (Wildman–Crippen MR) is 91.8 cm³/mol. The Labute approximate surface area is 146 Å². The highest BCUT2D eigenvalue weighted by atomic mass is 32.1. The first-order valence-electron chi connectivity index (χ1n) is 7.50. The van der Waals surface area contributed by atoms with Crippen molar-refractivity contribution in [2.75, 3.05) is 0 Å². The molecular weight excluding hydrogens is 348 g/mol. The number of halogens is 2. The van der Waals surface area contributed by atoms with Gasteiger partial charge in [-0.3, -0.25) is 0 Å². The van der Waals surface area contributed by atoms with Crippen LogP contribution in [0.2, 0.25) is 0 Å². The van der Waals surface area contributed by atoms with Crippen LogP contribution >= 0.6 is 11.3 Å². The van der Waals surface area contributed by atoms with Crippen LogP contribution in [-0.4, -0.2) is 17.6 Å². The molecule has 1 heterocycles. The number of hydrogen-bond donors (Lipinski definition) is 2. The maximum absolute atomic E-state index is 12.4. The molecule has 0 atom stereocenters. The standard InChI is InChI=1S/C17H15F2N3O2S/c18-16(19)24-13-7-3-1-5-11(13)9-20-17(23)21-10-15-22-12-6-2-4-8-14(12)25-15/h1-8,16H,9-10H2,(H2,20,21,23). The van der Waals surface area contributed by atoms with Gasteiger partial charge in [-0.25, -0.2) is 9.78 Å². The molecule has 0 spiro atoms. The van der Waals surface area contributed by atoms with E-state index in [1.807, 2.05) is 24.3 Å². The van der Waals surface area contributed by atoms with E-state index in [4.69, 9.17) is 0 Å². The van der Waals surface area contributed by atoms with Gasteiger partial charge in [-0.2, -0.15) is 8.78 Å². The van der Waals surface area contributed by atoms with Crippen LogP contribution in [0.3, 0.4) is 0 Å². The first kappa shape index (κ1) is 17.1. The molecule has 2 aromatic carbocycles. The Bertz CT molecular complexity index is 837. The second-order valence-corrected chi connectivity index (χ2v) is 6.21. The Kier molecular flexibility index (Phi) is 5.39. The molecule has 0 aliphatic carbocycles. The second kappa shape index (κ2) is 7.89. The smallest absolute Gasteiger partial charge is 0.387 e.